The van der Waals surface area contributed by atoms with Crippen LogP contribution in [0.25, 0.3) is 0 Å². The number of hydrogen-bond acceptors (Lipinski definition) is 6. The normalized spacial score (nSPS) is 15.4. The summed E-state index contributed by atoms with van der Waals surface area (Å²) in [5.74, 6) is 0. The molecule has 0 amide bonds. The predicted octanol–water partition coefficient (Wildman–Crippen LogP) is -4.53. The molecular weight excluding hydrogens is 239 g/mol. The van der Waals surface area contributed by atoms with E-state index in [1.807, 2.05) is 0 Å². The standard InChI is InChI=1S/C3H6N6O6.Na.H/c10-7(11)4-1-5(8(12)13)3-6(2-4)9(14)15;;/h1-3H2;;/q;+1;-1. The minimum atomic E-state index is -0.924. The number of nitro groups is 3. The molecular formula is C3H7N6NaO6. The maximum atomic E-state index is 10.3. The molecule has 1 heterocycles. The van der Waals surface area contributed by atoms with Crippen LogP contribution in [0, 0.1) is 30.3 Å². The van der Waals surface area contributed by atoms with E-state index in [1.165, 1.54) is 0 Å². The molecule has 0 spiro atoms. The Kier molecular flexibility index (Phi) is 5.13. The molecule has 0 saturated carbocycles. The third kappa shape index (κ3) is 3.32. The van der Waals surface area contributed by atoms with E-state index in [1.54, 1.807) is 0 Å². The van der Waals surface area contributed by atoms with Crippen LogP contribution in [0.1, 0.15) is 1.43 Å². The quantitative estimate of drug-likeness (QED) is 0.273. The van der Waals surface area contributed by atoms with Gasteiger partial charge in [-0.2, -0.15) is 0 Å². The molecule has 0 bridgehead atoms. The zero-order valence-corrected chi connectivity index (χ0v) is 10.3. The topological polar surface area (TPSA) is 139 Å². The SMILES string of the molecule is O=[N+]([O-])N1CN([N+](=O)[O-])CN([N+](=O)[O-])C1.[H-].[Na+]. The van der Waals surface area contributed by atoms with Crippen molar-refractivity contribution in [2.24, 2.45) is 0 Å². The minimum absolute atomic E-state index is 0. The van der Waals surface area contributed by atoms with Crippen LogP contribution in [-0.2, 0) is 0 Å². The molecule has 86 valence electrons. The molecule has 0 aromatic rings. The van der Waals surface area contributed by atoms with Gasteiger partial charge in [-0.1, -0.05) is 15.0 Å². The van der Waals surface area contributed by atoms with Gasteiger partial charge in [-0.05, 0) is 0 Å². The molecule has 0 aromatic heterocycles. The molecule has 12 nitrogen and oxygen atoms in total. The van der Waals surface area contributed by atoms with E-state index in [0.717, 1.165) is 0 Å². The van der Waals surface area contributed by atoms with Crippen LogP contribution < -0.4 is 29.6 Å². The van der Waals surface area contributed by atoms with E-state index < -0.39 is 35.1 Å². The summed E-state index contributed by atoms with van der Waals surface area (Å²) in [5.41, 5.74) is 0. The van der Waals surface area contributed by atoms with E-state index in [2.05, 4.69) is 0 Å². The average molecular weight is 246 g/mol. The van der Waals surface area contributed by atoms with Crippen LogP contribution in [0.15, 0.2) is 0 Å². The molecule has 0 atom stereocenters. The second-order valence-corrected chi connectivity index (χ2v) is 2.66. The van der Waals surface area contributed by atoms with E-state index in [4.69, 9.17) is 0 Å². The van der Waals surface area contributed by atoms with Crippen molar-refractivity contribution < 1.29 is 46.1 Å². The fourth-order valence-electron chi connectivity index (χ4n) is 1.01. The Balaban J connectivity index is 0. The van der Waals surface area contributed by atoms with Gasteiger partial charge in [0.15, 0.2) is 15.1 Å². The molecule has 13 heteroatoms. The first kappa shape index (κ1) is 14.6. The average Bonchev–Trinajstić information content (AvgIpc) is 2.16. The number of hydrazine groups is 3. The third-order valence-corrected chi connectivity index (χ3v) is 1.67. The van der Waals surface area contributed by atoms with Gasteiger partial charge in [0, 0.05) is 0 Å². The van der Waals surface area contributed by atoms with E-state index in [-0.39, 0.29) is 31.0 Å². The summed E-state index contributed by atoms with van der Waals surface area (Å²) in [6, 6.07) is 0. The molecule has 1 rings (SSSR count). The summed E-state index contributed by atoms with van der Waals surface area (Å²) in [5, 5.41) is 29.3. The summed E-state index contributed by atoms with van der Waals surface area (Å²) in [7, 11) is 0. The van der Waals surface area contributed by atoms with Crippen LogP contribution in [-0.4, -0.2) is 50.1 Å². The molecule has 0 radical (unpaired) electrons. The first-order chi connectivity index (χ1) is 6.91. The van der Waals surface area contributed by atoms with Gasteiger partial charge < -0.3 is 1.43 Å². The summed E-state index contributed by atoms with van der Waals surface area (Å²) in [6.07, 6.45) is 0. The summed E-state index contributed by atoms with van der Waals surface area (Å²) in [4.78, 5) is 31.0. The van der Waals surface area contributed by atoms with Crippen LogP contribution in [0.4, 0.5) is 0 Å². The number of hydrogen-bond donors (Lipinski definition) is 0. The summed E-state index contributed by atoms with van der Waals surface area (Å²) < 4.78 is 0. The maximum Gasteiger partial charge on any atom is 1.00 e. The van der Waals surface area contributed by atoms with Crippen molar-refractivity contribution >= 4 is 0 Å². The second kappa shape index (κ2) is 5.62. The number of rotatable bonds is 3. The van der Waals surface area contributed by atoms with Gasteiger partial charge in [0.1, 0.15) is 0 Å². The van der Waals surface area contributed by atoms with Crippen LogP contribution in [0.2, 0.25) is 0 Å². The Morgan fingerprint density at radius 3 is 1.06 bits per heavy atom. The Labute approximate surface area is 112 Å². The van der Waals surface area contributed by atoms with Crippen LogP contribution in [0.3, 0.4) is 0 Å². The van der Waals surface area contributed by atoms with Gasteiger partial charge in [0.05, 0.1) is 0 Å². The molecule has 1 aliphatic heterocycles. The van der Waals surface area contributed by atoms with E-state index >= 15 is 0 Å². The van der Waals surface area contributed by atoms with Crippen molar-refractivity contribution in [2.75, 3.05) is 20.0 Å². The molecule has 1 aliphatic rings. The van der Waals surface area contributed by atoms with Crippen molar-refractivity contribution in [1.82, 2.24) is 15.0 Å². The predicted molar refractivity (Wildman–Crippen MR) is 42.2 cm³/mol. The van der Waals surface area contributed by atoms with Crippen LogP contribution >= 0.6 is 0 Å². The monoisotopic (exact) mass is 246 g/mol. The Morgan fingerprint density at radius 2 is 0.938 bits per heavy atom. The first-order valence-electron chi connectivity index (χ1n) is 3.59. The van der Waals surface area contributed by atoms with Gasteiger partial charge >= 0.3 is 29.6 Å². The fraction of sp³-hybridized carbons (Fsp3) is 1.00. The maximum absolute atomic E-state index is 10.3. The Hall–Kier alpha value is -1.40. The molecule has 0 unspecified atom stereocenters. The minimum Gasteiger partial charge on any atom is -1.00 e. The molecule has 1 saturated heterocycles. The van der Waals surface area contributed by atoms with Crippen molar-refractivity contribution in [3.8, 4) is 0 Å². The van der Waals surface area contributed by atoms with Crippen LogP contribution in [0.5, 0.6) is 0 Å². The molecule has 0 aliphatic carbocycles. The number of nitrogens with zero attached hydrogens (tertiary/aromatic N) is 6. The zero-order chi connectivity index (χ0) is 11.6. The molecule has 1 fully saturated rings. The van der Waals surface area contributed by atoms with Crippen molar-refractivity contribution in [2.45, 2.75) is 0 Å². The van der Waals surface area contributed by atoms with Gasteiger partial charge in [0.2, 0.25) is 20.0 Å². The van der Waals surface area contributed by atoms with Gasteiger partial charge in [-0.15, -0.1) is 0 Å². The zero-order valence-electron chi connectivity index (χ0n) is 9.25. The molecule has 0 aromatic carbocycles. The van der Waals surface area contributed by atoms with Crippen molar-refractivity contribution in [3.63, 3.8) is 0 Å². The first-order valence-corrected chi connectivity index (χ1v) is 3.59. The fourth-order valence-corrected chi connectivity index (χ4v) is 1.01. The Bertz CT molecular complexity index is 263. The van der Waals surface area contributed by atoms with Gasteiger partial charge in [0.25, 0.3) is 0 Å². The Morgan fingerprint density at radius 1 is 0.750 bits per heavy atom. The van der Waals surface area contributed by atoms with Crippen molar-refractivity contribution in [1.29, 1.82) is 0 Å². The third-order valence-electron chi connectivity index (χ3n) is 1.67. The molecule has 16 heavy (non-hydrogen) atoms. The summed E-state index contributed by atoms with van der Waals surface area (Å²) >= 11 is 0. The smallest absolute Gasteiger partial charge is 1.00 e. The second-order valence-electron chi connectivity index (χ2n) is 2.66. The van der Waals surface area contributed by atoms with Crippen molar-refractivity contribution in [3.05, 3.63) is 30.3 Å². The molecule has 0 N–H and O–H groups in total. The summed E-state index contributed by atoms with van der Waals surface area (Å²) in [6.45, 7) is -1.78. The van der Waals surface area contributed by atoms with E-state index in [9.17, 15) is 30.3 Å². The van der Waals surface area contributed by atoms with Gasteiger partial charge in [-0.3, -0.25) is 0 Å². The van der Waals surface area contributed by atoms with Gasteiger partial charge in [-0.25, -0.2) is 30.3 Å². The largest absolute Gasteiger partial charge is 1.00 e. The van der Waals surface area contributed by atoms with E-state index in [0.29, 0.717) is 15.0 Å².